The molecule has 0 radical (unpaired) electrons. The Morgan fingerprint density at radius 1 is 1.08 bits per heavy atom. The number of carbonyl (C=O) groups excluding carboxylic acids is 3. The maximum Gasteiger partial charge on any atom is 0.229 e. The number of benzene rings is 1. The molecule has 2 rings (SSSR count). The lowest BCUT2D eigenvalue weighted by molar-refractivity contribution is -0.137. The summed E-state index contributed by atoms with van der Waals surface area (Å²) in [6.07, 6.45) is 1.63. The Labute approximate surface area is 142 Å². The number of likely N-dealkylation sites (tertiary alicyclic amines) is 1. The Hall–Kier alpha value is -2.37. The van der Waals surface area contributed by atoms with Gasteiger partial charge >= 0.3 is 0 Å². The van der Waals surface area contributed by atoms with Crippen molar-refractivity contribution in [3.8, 4) is 0 Å². The lowest BCUT2D eigenvalue weighted by Crippen LogP contribution is -2.45. The molecule has 0 aromatic heterocycles. The molecule has 1 fully saturated rings. The third-order valence-electron chi connectivity index (χ3n) is 4.07. The van der Waals surface area contributed by atoms with Crippen LogP contribution in [-0.4, -0.2) is 35.7 Å². The number of nitrogens with one attached hydrogen (secondary N) is 2. The molecule has 1 heterocycles. The topological polar surface area (TPSA) is 78.5 Å². The van der Waals surface area contributed by atoms with Crippen molar-refractivity contribution in [1.29, 1.82) is 0 Å². The van der Waals surface area contributed by atoms with Crippen molar-refractivity contribution in [2.75, 3.05) is 23.7 Å². The average molecular weight is 331 g/mol. The highest BCUT2D eigenvalue weighted by Gasteiger charge is 2.29. The highest BCUT2D eigenvalue weighted by Crippen LogP contribution is 2.21. The van der Waals surface area contributed by atoms with Crippen LogP contribution in [0.15, 0.2) is 24.3 Å². The van der Waals surface area contributed by atoms with Crippen LogP contribution >= 0.6 is 0 Å². The van der Waals surface area contributed by atoms with Crippen LogP contribution < -0.4 is 10.6 Å². The standard InChI is InChI=1S/C18H25N3O3/c1-12(2)18(24)21-10-4-5-14(11-21)17(23)20-16-8-6-15(7-9-16)19-13(3)22/h6-9,12,14H,4-5,10-11H2,1-3H3,(H,19,22)(H,20,23). The molecule has 1 aliphatic heterocycles. The molecule has 1 unspecified atom stereocenters. The Bertz CT molecular complexity index is 610. The zero-order valence-electron chi connectivity index (χ0n) is 14.5. The fraction of sp³-hybridized carbons (Fsp3) is 0.500. The SMILES string of the molecule is CC(=O)Nc1ccc(NC(=O)C2CCCN(C(=O)C(C)C)C2)cc1. The molecule has 130 valence electrons. The molecule has 0 bridgehead atoms. The van der Waals surface area contributed by atoms with Gasteiger partial charge < -0.3 is 15.5 Å². The highest BCUT2D eigenvalue weighted by atomic mass is 16.2. The predicted molar refractivity (Wildman–Crippen MR) is 93.5 cm³/mol. The van der Waals surface area contributed by atoms with E-state index < -0.39 is 0 Å². The first kappa shape index (κ1) is 18.0. The van der Waals surface area contributed by atoms with Gasteiger partial charge in [0.25, 0.3) is 0 Å². The Morgan fingerprint density at radius 2 is 1.67 bits per heavy atom. The second kappa shape index (κ2) is 7.95. The molecule has 0 aliphatic carbocycles. The largest absolute Gasteiger partial charge is 0.342 e. The van der Waals surface area contributed by atoms with E-state index in [1.807, 2.05) is 13.8 Å². The van der Waals surface area contributed by atoms with Crippen molar-refractivity contribution >= 4 is 29.1 Å². The van der Waals surface area contributed by atoms with Gasteiger partial charge in [0.15, 0.2) is 0 Å². The van der Waals surface area contributed by atoms with Gasteiger partial charge in [0.2, 0.25) is 17.7 Å². The normalized spacial score (nSPS) is 17.5. The van der Waals surface area contributed by atoms with Crippen molar-refractivity contribution in [3.05, 3.63) is 24.3 Å². The molecule has 1 atom stereocenters. The lowest BCUT2D eigenvalue weighted by Gasteiger charge is -2.33. The molecule has 6 nitrogen and oxygen atoms in total. The fourth-order valence-corrected chi connectivity index (χ4v) is 2.84. The van der Waals surface area contributed by atoms with E-state index in [4.69, 9.17) is 0 Å². The third kappa shape index (κ3) is 4.81. The summed E-state index contributed by atoms with van der Waals surface area (Å²) < 4.78 is 0. The maximum atomic E-state index is 12.4. The number of hydrogen-bond acceptors (Lipinski definition) is 3. The second-order valence-electron chi connectivity index (χ2n) is 6.53. The minimum Gasteiger partial charge on any atom is -0.342 e. The van der Waals surface area contributed by atoms with Gasteiger partial charge in [0.1, 0.15) is 0 Å². The van der Waals surface area contributed by atoms with Gasteiger partial charge in [-0.1, -0.05) is 13.8 Å². The highest BCUT2D eigenvalue weighted by molar-refractivity contribution is 5.94. The van der Waals surface area contributed by atoms with Crippen LogP contribution in [-0.2, 0) is 14.4 Å². The van der Waals surface area contributed by atoms with Crippen LogP contribution in [0.25, 0.3) is 0 Å². The first-order valence-corrected chi connectivity index (χ1v) is 8.34. The molecule has 2 N–H and O–H groups in total. The van der Waals surface area contributed by atoms with E-state index in [0.29, 0.717) is 17.9 Å². The Morgan fingerprint density at radius 3 is 2.21 bits per heavy atom. The first-order valence-electron chi connectivity index (χ1n) is 8.34. The van der Waals surface area contributed by atoms with E-state index in [1.54, 1.807) is 29.2 Å². The summed E-state index contributed by atoms with van der Waals surface area (Å²) >= 11 is 0. The predicted octanol–water partition coefficient (Wildman–Crippen LogP) is 2.48. The van der Waals surface area contributed by atoms with Gasteiger partial charge in [0, 0.05) is 37.3 Å². The van der Waals surface area contributed by atoms with E-state index in [1.165, 1.54) is 6.92 Å². The lowest BCUT2D eigenvalue weighted by atomic mass is 9.96. The van der Waals surface area contributed by atoms with Crippen molar-refractivity contribution in [2.45, 2.75) is 33.6 Å². The van der Waals surface area contributed by atoms with Crippen LogP contribution in [0.3, 0.4) is 0 Å². The quantitative estimate of drug-likeness (QED) is 0.889. The van der Waals surface area contributed by atoms with E-state index in [9.17, 15) is 14.4 Å². The van der Waals surface area contributed by atoms with Gasteiger partial charge in [-0.3, -0.25) is 14.4 Å². The van der Waals surface area contributed by atoms with Gasteiger partial charge in [-0.25, -0.2) is 0 Å². The molecule has 1 aliphatic rings. The Kier molecular flexibility index (Phi) is 5.95. The molecule has 24 heavy (non-hydrogen) atoms. The first-order chi connectivity index (χ1) is 11.4. The summed E-state index contributed by atoms with van der Waals surface area (Å²) in [6, 6.07) is 6.99. The minimum atomic E-state index is -0.184. The molecule has 3 amide bonds. The van der Waals surface area contributed by atoms with E-state index in [0.717, 1.165) is 19.4 Å². The van der Waals surface area contributed by atoms with Crippen molar-refractivity contribution in [3.63, 3.8) is 0 Å². The third-order valence-corrected chi connectivity index (χ3v) is 4.07. The fourth-order valence-electron chi connectivity index (χ4n) is 2.84. The van der Waals surface area contributed by atoms with E-state index in [-0.39, 0.29) is 29.6 Å². The summed E-state index contributed by atoms with van der Waals surface area (Å²) in [7, 11) is 0. The summed E-state index contributed by atoms with van der Waals surface area (Å²) in [4.78, 5) is 37.4. The summed E-state index contributed by atoms with van der Waals surface area (Å²) in [5, 5.41) is 5.57. The average Bonchev–Trinajstić information content (AvgIpc) is 2.55. The van der Waals surface area contributed by atoms with Gasteiger partial charge in [-0.15, -0.1) is 0 Å². The van der Waals surface area contributed by atoms with E-state index >= 15 is 0 Å². The monoisotopic (exact) mass is 331 g/mol. The number of hydrogen-bond donors (Lipinski definition) is 2. The molecule has 1 saturated heterocycles. The molecule has 1 aromatic rings. The molecule has 1 aromatic carbocycles. The molecule has 0 spiro atoms. The number of carbonyl (C=O) groups is 3. The number of amides is 3. The summed E-state index contributed by atoms with van der Waals surface area (Å²) in [5.41, 5.74) is 1.37. The molecule has 6 heteroatoms. The minimum absolute atomic E-state index is 0.0480. The van der Waals surface area contributed by atoms with Crippen molar-refractivity contribution in [2.24, 2.45) is 11.8 Å². The summed E-state index contributed by atoms with van der Waals surface area (Å²) in [6.45, 7) is 6.41. The van der Waals surface area contributed by atoms with Crippen molar-refractivity contribution in [1.82, 2.24) is 4.90 Å². The Balaban J connectivity index is 1.94. The van der Waals surface area contributed by atoms with Crippen LogP contribution in [0.5, 0.6) is 0 Å². The molecular formula is C18H25N3O3. The van der Waals surface area contributed by atoms with Gasteiger partial charge in [-0.2, -0.15) is 0 Å². The zero-order valence-corrected chi connectivity index (χ0v) is 14.5. The van der Waals surface area contributed by atoms with Gasteiger partial charge in [-0.05, 0) is 37.1 Å². The molecule has 0 saturated carbocycles. The van der Waals surface area contributed by atoms with Crippen LogP contribution in [0.4, 0.5) is 11.4 Å². The number of rotatable bonds is 4. The van der Waals surface area contributed by atoms with Crippen LogP contribution in [0.1, 0.15) is 33.6 Å². The molecular weight excluding hydrogens is 306 g/mol. The van der Waals surface area contributed by atoms with E-state index in [2.05, 4.69) is 10.6 Å². The second-order valence-corrected chi connectivity index (χ2v) is 6.53. The maximum absolute atomic E-state index is 12.4. The van der Waals surface area contributed by atoms with Crippen LogP contribution in [0.2, 0.25) is 0 Å². The summed E-state index contributed by atoms with van der Waals surface area (Å²) in [5.74, 6) is -0.329. The number of piperidine rings is 1. The zero-order chi connectivity index (χ0) is 17.7. The van der Waals surface area contributed by atoms with Crippen molar-refractivity contribution < 1.29 is 14.4 Å². The van der Waals surface area contributed by atoms with Crippen LogP contribution in [0, 0.1) is 11.8 Å². The smallest absolute Gasteiger partial charge is 0.229 e. The number of nitrogens with zero attached hydrogens (tertiary/aromatic N) is 1. The number of anilines is 2. The van der Waals surface area contributed by atoms with Gasteiger partial charge in [0.05, 0.1) is 5.92 Å².